The van der Waals surface area contributed by atoms with Crippen LogP contribution >= 0.6 is 27.5 Å². The van der Waals surface area contributed by atoms with E-state index in [1.54, 1.807) is 12.1 Å². The molecular weight excluding hydrogens is 374 g/mol. The van der Waals surface area contributed by atoms with Crippen LogP contribution in [0.15, 0.2) is 45.8 Å². The number of benzene rings is 2. The predicted octanol–water partition coefficient (Wildman–Crippen LogP) is 4.77. The Balaban J connectivity index is 2.47. The Labute approximate surface area is 138 Å². The Kier molecular flexibility index (Phi) is 4.96. The number of hydrogen-bond acceptors (Lipinski definition) is 2. The molecule has 0 unspecified atom stereocenters. The van der Waals surface area contributed by atoms with Gasteiger partial charge in [-0.2, -0.15) is 0 Å². The summed E-state index contributed by atoms with van der Waals surface area (Å²) >= 11 is 9.31. The molecule has 0 spiro atoms. The van der Waals surface area contributed by atoms with Gasteiger partial charge < -0.3 is 0 Å². The van der Waals surface area contributed by atoms with Gasteiger partial charge in [0.25, 0.3) is 10.0 Å². The Bertz CT molecular complexity index is 775. The largest absolute Gasteiger partial charge is 0.279 e. The molecule has 0 heterocycles. The summed E-state index contributed by atoms with van der Waals surface area (Å²) in [5, 5.41) is 0.184. The van der Waals surface area contributed by atoms with Gasteiger partial charge in [0.2, 0.25) is 0 Å². The van der Waals surface area contributed by atoms with Crippen molar-refractivity contribution >= 4 is 43.2 Å². The van der Waals surface area contributed by atoms with Crippen LogP contribution in [0.3, 0.4) is 0 Å². The molecule has 0 bridgehead atoms. The van der Waals surface area contributed by atoms with E-state index < -0.39 is 10.0 Å². The van der Waals surface area contributed by atoms with Crippen LogP contribution in [0.2, 0.25) is 5.02 Å². The molecule has 0 saturated heterocycles. The highest BCUT2D eigenvalue weighted by Crippen LogP contribution is 2.29. The summed E-state index contributed by atoms with van der Waals surface area (Å²) in [7, 11) is -3.72. The SMILES string of the molecule is CCc1cccc(C)c1NS(=O)(=O)c1ccc(Br)cc1Cl. The minimum Gasteiger partial charge on any atom is -0.279 e. The van der Waals surface area contributed by atoms with Crippen LogP contribution in [0.4, 0.5) is 5.69 Å². The normalized spacial score (nSPS) is 11.4. The first-order valence-corrected chi connectivity index (χ1v) is 9.07. The number of nitrogens with one attached hydrogen (secondary N) is 1. The van der Waals surface area contributed by atoms with Crippen molar-refractivity contribution in [3.05, 3.63) is 57.0 Å². The summed E-state index contributed by atoms with van der Waals surface area (Å²) < 4.78 is 28.5. The standard InChI is InChI=1S/C15H15BrClNO2S/c1-3-11-6-4-5-10(2)15(11)18-21(19,20)14-8-7-12(16)9-13(14)17/h4-9,18H,3H2,1-2H3. The zero-order valence-corrected chi connectivity index (χ0v) is 14.8. The monoisotopic (exact) mass is 387 g/mol. The van der Waals surface area contributed by atoms with E-state index in [0.717, 1.165) is 22.0 Å². The molecular formula is C15H15BrClNO2S. The first-order valence-electron chi connectivity index (χ1n) is 6.41. The zero-order chi connectivity index (χ0) is 15.6. The van der Waals surface area contributed by atoms with E-state index in [1.807, 2.05) is 32.0 Å². The Morgan fingerprint density at radius 3 is 2.57 bits per heavy atom. The second kappa shape index (κ2) is 6.38. The highest BCUT2D eigenvalue weighted by Gasteiger charge is 2.20. The lowest BCUT2D eigenvalue weighted by atomic mass is 10.1. The lowest BCUT2D eigenvalue weighted by molar-refractivity contribution is 0.601. The number of sulfonamides is 1. The van der Waals surface area contributed by atoms with Gasteiger partial charge in [-0.3, -0.25) is 4.72 Å². The summed E-state index contributed by atoms with van der Waals surface area (Å²) in [5.74, 6) is 0. The molecule has 21 heavy (non-hydrogen) atoms. The van der Waals surface area contributed by atoms with Crippen molar-refractivity contribution in [1.82, 2.24) is 0 Å². The van der Waals surface area contributed by atoms with Crippen LogP contribution < -0.4 is 4.72 Å². The van der Waals surface area contributed by atoms with Gasteiger partial charge in [-0.1, -0.05) is 52.7 Å². The highest BCUT2D eigenvalue weighted by molar-refractivity contribution is 9.10. The van der Waals surface area contributed by atoms with E-state index >= 15 is 0 Å². The molecule has 0 aromatic heterocycles. The van der Waals surface area contributed by atoms with Gasteiger partial charge in [-0.15, -0.1) is 0 Å². The maximum atomic E-state index is 12.5. The van der Waals surface area contributed by atoms with E-state index in [0.29, 0.717) is 5.69 Å². The molecule has 2 rings (SSSR count). The van der Waals surface area contributed by atoms with Gasteiger partial charge in [-0.25, -0.2) is 8.42 Å². The topological polar surface area (TPSA) is 46.2 Å². The summed E-state index contributed by atoms with van der Waals surface area (Å²) in [6, 6.07) is 10.4. The number of para-hydroxylation sites is 1. The van der Waals surface area contributed by atoms with Gasteiger partial charge in [0.15, 0.2) is 0 Å². The maximum absolute atomic E-state index is 12.5. The summed E-state index contributed by atoms with van der Waals surface area (Å²) in [5.41, 5.74) is 2.46. The van der Waals surface area contributed by atoms with E-state index in [1.165, 1.54) is 6.07 Å². The fourth-order valence-corrected chi connectivity index (χ4v) is 4.26. The van der Waals surface area contributed by atoms with Crippen LogP contribution in [-0.2, 0) is 16.4 Å². The van der Waals surface area contributed by atoms with Crippen LogP contribution in [0.5, 0.6) is 0 Å². The molecule has 0 saturated carbocycles. The van der Waals surface area contributed by atoms with E-state index in [2.05, 4.69) is 20.7 Å². The molecule has 2 aromatic rings. The number of aryl methyl sites for hydroxylation is 2. The van der Waals surface area contributed by atoms with Gasteiger partial charge in [0.1, 0.15) is 4.90 Å². The van der Waals surface area contributed by atoms with Crippen molar-refractivity contribution in [1.29, 1.82) is 0 Å². The molecule has 0 aliphatic carbocycles. The quantitative estimate of drug-likeness (QED) is 0.819. The molecule has 1 N–H and O–H groups in total. The van der Waals surface area contributed by atoms with Crippen molar-refractivity contribution in [2.24, 2.45) is 0 Å². The molecule has 0 aliphatic heterocycles. The fourth-order valence-electron chi connectivity index (χ4n) is 2.05. The lowest BCUT2D eigenvalue weighted by Crippen LogP contribution is -2.15. The minimum absolute atomic E-state index is 0.0673. The van der Waals surface area contributed by atoms with Crippen molar-refractivity contribution in [3.63, 3.8) is 0 Å². The van der Waals surface area contributed by atoms with Gasteiger partial charge in [0.05, 0.1) is 10.7 Å². The molecule has 112 valence electrons. The van der Waals surface area contributed by atoms with E-state index in [9.17, 15) is 8.42 Å². The Hall–Kier alpha value is -1.04. The van der Waals surface area contributed by atoms with Crippen LogP contribution in [0, 0.1) is 6.92 Å². The third kappa shape index (κ3) is 3.59. The van der Waals surface area contributed by atoms with Crippen molar-refractivity contribution in [2.75, 3.05) is 4.72 Å². The molecule has 3 nitrogen and oxygen atoms in total. The van der Waals surface area contributed by atoms with Crippen molar-refractivity contribution in [2.45, 2.75) is 25.2 Å². The maximum Gasteiger partial charge on any atom is 0.263 e. The molecule has 6 heteroatoms. The summed E-state index contributed by atoms with van der Waals surface area (Å²) in [6.07, 6.45) is 0.744. The van der Waals surface area contributed by atoms with Crippen LogP contribution in [0.25, 0.3) is 0 Å². The molecule has 0 aliphatic rings. The third-order valence-electron chi connectivity index (χ3n) is 3.16. The second-order valence-electron chi connectivity index (χ2n) is 4.64. The fraction of sp³-hybridized carbons (Fsp3) is 0.200. The number of hydrogen-bond donors (Lipinski definition) is 1. The molecule has 2 aromatic carbocycles. The van der Waals surface area contributed by atoms with Gasteiger partial charge in [0, 0.05) is 4.47 Å². The summed E-state index contributed by atoms with van der Waals surface area (Å²) in [6.45, 7) is 3.86. The molecule has 0 amide bonds. The van der Waals surface area contributed by atoms with E-state index in [4.69, 9.17) is 11.6 Å². The molecule has 0 radical (unpaired) electrons. The molecule has 0 fully saturated rings. The average molecular weight is 389 g/mol. The first kappa shape index (κ1) is 16.3. The van der Waals surface area contributed by atoms with Gasteiger partial charge >= 0.3 is 0 Å². The first-order chi connectivity index (χ1) is 9.85. The highest BCUT2D eigenvalue weighted by atomic mass is 79.9. The van der Waals surface area contributed by atoms with Crippen molar-refractivity contribution < 1.29 is 8.42 Å². The minimum atomic E-state index is -3.72. The number of anilines is 1. The summed E-state index contributed by atoms with van der Waals surface area (Å²) in [4.78, 5) is 0.0673. The van der Waals surface area contributed by atoms with Crippen LogP contribution in [-0.4, -0.2) is 8.42 Å². The van der Waals surface area contributed by atoms with Gasteiger partial charge in [-0.05, 0) is 42.7 Å². The average Bonchev–Trinajstić information content (AvgIpc) is 2.40. The lowest BCUT2D eigenvalue weighted by Gasteiger charge is -2.15. The second-order valence-corrected chi connectivity index (χ2v) is 7.62. The number of rotatable bonds is 4. The Morgan fingerprint density at radius 2 is 1.95 bits per heavy atom. The zero-order valence-electron chi connectivity index (χ0n) is 11.7. The molecule has 0 atom stereocenters. The predicted molar refractivity (Wildman–Crippen MR) is 90.5 cm³/mol. The van der Waals surface area contributed by atoms with Crippen LogP contribution in [0.1, 0.15) is 18.1 Å². The van der Waals surface area contributed by atoms with E-state index in [-0.39, 0.29) is 9.92 Å². The van der Waals surface area contributed by atoms with Crippen molar-refractivity contribution in [3.8, 4) is 0 Å². The Morgan fingerprint density at radius 1 is 1.24 bits per heavy atom. The third-order valence-corrected chi connectivity index (χ3v) is 5.49. The smallest absolute Gasteiger partial charge is 0.263 e. The number of halogens is 2.